The Labute approximate surface area is 194 Å². The highest BCUT2D eigenvalue weighted by molar-refractivity contribution is 7.15. The van der Waals surface area contributed by atoms with Gasteiger partial charge < -0.3 is 9.84 Å². The number of carbonyl (C=O) groups is 1. The fraction of sp³-hybridized carbons (Fsp3) is 0.625. The van der Waals surface area contributed by atoms with Crippen LogP contribution in [0.2, 0.25) is 0 Å². The number of hydrogen-bond acceptors (Lipinski definition) is 6. The number of carboxylic acid groups (broad SMARTS) is 1. The number of aliphatic carboxylic acids is 1. The zero-order valence-electron chi connectivity index (χ0n) is 20.1. The first-order valence-electron chi connectivity index (χ1n) is 11.2. The summed E-state index contributed by atoms with van der Waals surface area (Å²) in [5, 5.41) is 10.2. The van der Waals surface area contributed by atoms with Gasteiger partial charge in [0.05, 0.1) is 17.2 Å². The molecule has 0 spiro atoms. The maximum Gasteiger partial charge on any atom is 0.307 e. The molecule has 0 aromatic carbocycles. The average Bonchev–Trinajstić information content (AvgIpc) is 3.07. The molecule has 32 heavy (non-hydrogen) atoms. The molecule has 6 nitrogen and oxygen atoms in total. The molecule has 1 saturated heterocycles. The van der Waals surface area contributed by atoms with E-state index in [1.165, 1.54) is 18.3 Å². The van der Waals surface area contributed by atoms with E-state index >= 15 is 0 Å². The third-order valence-corrected chi connectivity index (χ3v) is 6.43. The SMILES string of the molecule is CC(C)C.Cc1nc(-c2cccnc2OC(C)F)sc1C(C)N1CC(C)C[C@@H](C(=O)O)C1. The van der Waals surface area contributed by atoms with Crippen molar-refractivity contribution in [2.75, 3.05) is 13.1 Å². The molecule has 2 aromatic rings. The number of aryl methyl sites for hydroxylation is 1. The molecule has 2 aromatic heterocycles. The third kappa shape index (κ3) is 7.24. The predicted octanol–water partition coefficient (Wildman–Crippen LogP) is 5.97. The fourth-order valence-electron chi connectivity index (χ4n) is 3.77. The van der Waals surface area contributed by atoms with Crippen LogP contribution in [0.1, 0.15) is 64.6 Å². The number of hydrogen-bond donors (Lipinski definition) is 1. The van der Waals surface area contributed by atoms with Gasteiger partial charge in [0, 0.05) is 37.1 Å². The summed E-state index contributed by atoms with van der Waals surface area (Å²) in [4.78, 5) is 23.6. The molecule has 1 aliphatic rings. The van der Waals surface area contributed by atoms with Crippen LogP contribution in [-0.2, 0) is 4.79 Å². The number of thiazole rings is 1. The van der Waals surface area contributed by atoms with Gasteiger partial charge >= 0.3 is 5.97 Å². The molecule has 0 aliphatic carbocycles. The molecule has 0 saturated carbocycles. The van der Waals surface area contributed by atoms with E-state index in [2.05, 4.69) is 49.5 Å². The smallest absolute Gasteiger partial charge is 0.307 e. The minimum Gasteiger partial charge on any atom is -0.481 e. The molecule has 0 amide bonds. The van der Waals surface area contributed by atoms with Crippen LogP contribution in [0.3, 0.4) is 0 Å². The molecule has 1 N–H and O–H groups in total. The standard InChI is InChI=1S/C20H26FN3O3S.C4H10/c1-11-8-15(20(25)26)10-24(9-11)13(3)17-12(2)23-19(28-17)16-6-5-7-22-18(16)27-14(4)21;1-4(2)3/h5-7,11,13-15H,8-10H2,1-4H3,(H,25,26);4H,1-3H3/t11?,13?,14?,15-;/m1./s1. The van der Waals surface area contributed by atoms with Gasteiger partial charge in [-0.1, -0.05) is 27.7 Å². The van der Waals surface area contributed by atoms with E-state index in [0.717, 1.165) is 28.0 Å². The van der Waals surface area contributed by atoms with Crippen molar-refractivity contribution < 1.29 is 19.0 Å². The number of piperidine rings is 1. The monoisotopic (exact) mass is 465 g/mol. The molecule has 0 radical (unpaired) electrons. The number of alkyl halides is 1. The highest BCUT2D eigenvalue weighted by Gasteiger charge is 2.33. The molecule has 0 bridgehead atoms. The van der Waals surface area contributed by atoms with Gasteiger partial charge in [-0.15, -0.1) is 11.3 Å². The van der Waals surface area contributed by atoms with Gasteiger partial charge in [-0.25, -0.2) is 14.4 Å². The Morgan fingerprint density at radius 1 is 1.28 bits per heavy atom. The molecule has 4 atom stereocenters. The Morgan fingerprint density at radius 2 is 1.94 bits per heavy atom. The summed E-state index contributed by atoms with van der Waals surface area (Å²) in [6, 6.07) is 3.65. The zero-order valence-corrected chi connectivity index (χ0v) is 20.9. The molecule has 3 heterocycles. The van der Waals surface area contributed by atoms with E-state index in [1.54, 1.807) is 12.3 Å². The highest BCUT2D eigenvalue weighted by Crippen LogP contribution is 2.39. The van der Waals surface area contributed by atoms with Crippen LogP contribution in [0.15, 0.2) is 18.3 Å². The van der Waals surface area contributed by atoms with Crippen LogP contribution in [0.25, 0.3) is 10.6 Å². The topological polar surface area (TPSA) is 75.6 Å². The van der Waals surface area contributed by atoms with Crippen LogP contribution in [0, 0.1) is 24.7 Å². The Balaban J connectivity index is 0.000000837. The molecular formula is C24H36FN3O3S. The molecule has 8 heteroatoms. The Morgan fingerprint density at radius 3 is 2.53 bits per heavy atom. The number of ether oxygens (including phenoxy) is 1. The number of rotatable bonds is 6. The van der Waals surface area contributed by atoms with Crippen LogP contribution in [-0.4, -0.2) is 45.4 Å². The Kier molecular flexibility index (Phi) is 9.58. The van der Waals surface area contributed by atoms with E-state index in [9.17, 15) is 14.3 Å². The van der Waals surface area contributed by atoms with Crippen molar-refractivity contribution in [1.82, 2.24) is 14.9 Å². The molecule has 178 valence electrons. The second kappa shape index (κ2) is 11.7. The van der Waals surface area contributed by atoms with Gasteiger partial charge in [-0.05, 0) is 44.2 Å². The van der Waals surface area contributed by atoms with Crippen LogP contribution in [0.5, 0.6) is 5.88 Å². The van der Waals surface area contributed by atoms with Crippen molar-refractivity contribution in [3.8, 4) is 16.5 Å². The van der Waals surface area contributed by atoms with Gasteiger partial charge in [-0.2, -0.15) is 0 Å². The van der Waals surface area contributed by atoms with Crippen molar-refractivity contribution in [1.29, 1.82) is 0 Å². The third-order valence-electron chi connectivity index (χ3n) is 5.07. The van der Waals surface area contributed by atoms with E-state index in [-0.39, 0.29) is 17.8 Å². The minimum absolute atomic E-state index is 0.0528. The normalized spacial score (nSPS) is 20.9. The van der Waals surface area contributed by atoms with Crippen LogP contribution >= 0.6 is 11.3 Å². The van der Waals surface area contributed by atoms with Crippen molar-refractivity contribution in [2.45, 2.75) is 67.3 Å². The summed E-state index contributed by atoms with van der Waals surface area (Å²) >= 11 is 1.52. The number of aromatic nitrogens is 2. The first kappa shape index (κ1) is 26.2. The molecule has 3 unspecified atom stereocenters. The van der Waals surface area contributed by atoms with Gasteiger partial charge in [-0.3, -0.25) is 9.69 Å². The summed E-state index contributed by atoms with van der Waals surface area (Å²) in [6.45, 7) is 15.3. The number of nitrogens with zero attached hydrogens (tertiary/aromatic N) is 3. The lowest BCUT2D eigenvalue weighted by molar-refractivity contribution is -0.144. The Hall–Kier alpha value is -2.06. The molecule has 3 rings (SSSR count). The zero-order chi connectivity index (χ0) is 24.0. The molecular weight excluding hydrogens is 429 g/mol. The summed E-state index contributed by atoms with van der Waals surface area (Å²) in [6.07, 6.45) is 0.811. The second-order valence-electron chi connectivity index (χ2n) is 9.22. The van der Waals surface area contributed by atoms with Crippen molar-refractivity contribution in [3.05, 3.63) is 28.9 Å². The van der Waals surface area contributed by atoms with Crippen molar-refractivity contribution in [3.63, 3.8) is 0 Å². The number of pyridine rings is 1. The highest BCUT2D eigenvalue weighted by atomic mass is 32.1. The quantitative estimate of drug-likeness (QED) is 0.566. The average molecular weight is 466 g/mol. The van der Waals surface area contributed by atoms with E-state index in [1.807, 2.05) is 13.0 Å². The molecule has 1 fully saturated rings. The first-order valence-corrected chi connectivity index (χ1v) is 12.0. The largest absolute Gasteiger partial charge is 0.481 e. The summed E-state index contributed by atoms with van der Waals surface area (Å²) in [7, 11) is 0. The van der Waals surface area contributed by atoms with Gasteiger partial charge in [0.2, 0.25) is 12.2 Å². The lowest BCUT2D eigenvalue weighted by Crippen LogP contribution is -2.43. The maximum atomic E-state index is 13.3. The second-order valence-corrected chi connectivity index (χ2v) is 10.3. The lowest BCUT2D eigenvalue weighted by Gasteiger charge is -2.38. The van der Waals surface area contributed by atoms with Crippen LogP contribution in [0.4, 0.5) is 4.39 Å². The van der Waals surface area contributed by atoms with Crippen molar-refractivity contribution >= 4 is 17.3 Å². The fourth-order valence-corrected chi connectivity index (χ4v) is 4.94. The number of halogens is 1. The van der Waals surface area contributed by atoms with Crippen molar-refractivity contribution in [2.24, 2.45) is 17.8 Å². The van der Waals surface area contributed by atoms with E-state index in [4.69, 9.17) is 4.74 Å². The van der Waals surface area contributed by atoms with Gasteiger partial charge in [0.1, 0.15) is 5.01 Å². The number of likely N-dealkylation sites (tertiary alicyclic amines) is 1. The maximum absolute atomic E-state index is 13.3. The predicted molar refractivity (Wildman–Crippen MR) is 127 cm³/mol. The van der Waals surface area contributed by atoms with Gasteiger partial charge in [0.25, 0.3) is 0 Å². The minimum atomic E-state index is -1.46. The molecule has 1 aliphatic heterocycles. The van der Waals surface area contributed by atoms with Crippen LogP contribution < -0.4 is 4.74 Å². The van der Waals surface area contributed by atoms with E-state index < -0.39 is 12.3 Å². The van der Waals surface area contributed by atoms with Gasteiger partial charge in [0.15, 0.2) is 0 Å². The van der Waals surface area contributed by atoms with E-state index in [0.29, 0.717) is 24.4 Å². The summed E-state index contributed by atoms with van der Waals surface area (Å²) < 4.78 is 18.5. The number of carboxylic acids is 1. The first-order chi connectivity index (χ1) is 15.0. The summed E-state index contributed by atoms with van der Waals surface area (Å²) in [5.41, 5.74) is 1.55. The Bertz CT molecular complexity index is 884. The summed E-state index contributed by atoms with van der Waals surface area (Å²) in [5.74, 6) is 0.309. The lowest BCUT2D eigenvalue weighted by atomic mass is 9.89.